The number of benzene rings is 1. The van der Waals surface area contributed by atoms with E-state index in [-0.39, 0.29) is 5.91 Å². The lowest BCUT2D eigenvalue weighted by Crippen LogP contribution is -2.42. The van der Waals surface area contributed by atoms with Gasteiger partial charge in [0.05, 0.1) is 16.9 Å². The number of rotatable bonds is 4. The topological polar surface area (TPSA) is 78.6 Å². The van der Waals surface area contributed by atoms with E-state index in [0.29, 0.717) is 17.8 Å². The summed E-state index contributed by atoms with van der Waals surface area (Å²) in [4.78, 5) is 13.9. The van der Waals surface area contributed by atoms with Crippen LogP contribution >= 0.6 is 0 Å². The monoisotopic (exact) mass is 263 g/mol. The maximum absolute atomic E-state index is 12.4. The van der Waals surface area contributed by atoms with Crippen molar-refractivity contribution in [3.05, 3.63) is 29.8 Å². The van der Waals surface area contributed by atoms with Crippen LogP contribution in [0.4, 0.5) is 5.69 Å². The minimum Gasteiger partial charge on any atom is -0.388 e. The van der Waals surface area contributed by atoms with Crippen molar-refractivity contribution in [1.82, 2.24) is 4.90 Å². The zero-order chi connectivity index (χ0) is 13.9. The molecule has 1 fully saturated rings. The van der Waals surface area contributed by atoms with E-state index in [4.69, 9.17) is 5.84 Å². The number of aliphatic hydroxyl groups is 1. The normalized spacial score (nSPS) is 17.2. The average Bonchev–Trinajstić information content (AvgIpc) is 2.84. The predicted molar refractivity (Wildman–Crippen MR) is 74.6 cm³/mol. The van der Waals surface area contributed by atoms with Gasteiger partial charge in [-0.1, -0.05) is 25.0 Å². The van der Waals surface area contributed by atoms with Crippen molar-refractivity contribution in [2.24, 2.45) is 5.84 Å². The molecule has 104 valence electrons. The van der Waals surface area contributed by atoms with E-state index in [2.05, 4.69) is 5.43 Å². The van der Waals surface area contributed by atoms with E-state index in [1.807, 2.05) is 6.07 Å². The number of anilines is 1. The number of hydrogen-bond acceptors (Lipinski definition) is 4. The highest BCUT2D eigenvalue weighted by atomic mass is 16.3. The van der Waals surface area contributed by atoms with Gasteiger partial charge in [0.1, 0.15) is 0 Å². The molecular formula is C14H21N3O2. The molecule has 0 atom stereocenters. The Labute approximate surface area is 113 Å². The highest BCUT2D eigenvalue weighted by Gasteiger charge is 2.33. The number of nitrogens with one attached hydrogen (secondary N) is 1. The van der Waals surface area contributed by atoms with Crippen molar-refractivity contribution < 1.29 is 9.90 Å². The van der Waals surface area contributed by atoms with Crippen molar-refractivity contribution in [3.63, 3.8) is 0 Å². The van der Waals surface area contributed by atoms with Gasteiger partial charge in [-0.05, 0) is 25.0 Å². The molecule has 1 amide bonds. The van der Waals surface area contributed by atoms with Gasteiger partial charge >= 0.3 is 0 Å². The maximum Gasteiger partial charge on any atom is 0.255 e. The minimum atomic E-state index is -0.727. The molecule has 1 aliphatic rings. The molecule has 1 saturated carbocycles. The number of carbonyl (C=O) groups is 1. The van der Waals surface area contributed by atoms with Gasteiger partial charge in [0.2, 0.25) is 0 Å². The number of nitrogen functional groups attached to an aromatic ring is 1. The molecule has 0 bridgehead atoms. The first-order valence-electron chi connectivity index (χ1n) is 6.59. The van der Waals surface area contributed by atoms with Gasteiger partial charge < -0.3 is 15.4 Å². The molecule has 0 spiro atoms. The van der Waals surface area contributed by atoms with Gasteiger partial charge in [0.25, 0.3) is 5.91 Å². The summed E-state index contributed by atoms with van der Waals surface area (Å²) in [6.45, 7) is 0.366. The zero-order valence-electron chi connectivity index (χ0n) is 11.2. The molecule has 1 aliphatic carbocycles. The Bertz CT molecular complexity index is 456. The molecule has 5 heteroatoms. The molecule has 2 rings (SSSR count). The van der Waals surface area contributed by atoms with Gasteiger partial charge in [-0.3, -0.25) is 10.6 Å². The first kappa shape index (κ1) is 13.8. The standard InChI is InChI=1S/C14H21N3O2/c1-17(10-14(19)8-4-5-9-14)13(18)11-6-2-3-7-12(11)16-15/h2-3,6-7,16,19H,4-5,8-10,15H2,1H3. The predicted octanol–water partition coefficient (Wildman–Crippen LogP) is 1.35. The van der Waals surface area contributed by atoms with Crippen LogP contribution in [0.3, 0.4) is 0 Å². The average molecular weight is 263 g/mol. The Morgan fingerprint density at radius 2 is 2.05 bits per heavy atom. The summed E-state index contributed by atoms with van der Waals surface area (Å²) in [7, 11) is 1.71. The number of likely N-dealkylation sites (N-methyl/N-ethyl adjacent to an activating group) is 1. The molecule has 0 unspecified atom stereocenters. The third-order valence-electron chi connectivity index (χ3n) is 3.73. The number of hydrogen-bond donors (Lipinski definition) is 3. The smallest absolute Gasteiger partial charge is 0.255 e. The van der Waals surface area contributed by atoms with Crippen molar-refractivity contribution in [2.45, 2.75) is 31.3 Å². The van der Waals surface area contributed by atoms with Crippen LogP contribution in [-0.4, -0.2) is 35.1 Å². The van der Waals surface area contributed by atoms with E-state index < -0.39 is 5.60 Å². The number of para-hydroxylation sites is 1. The summed E-state index contributed by atoms with van der Waals surface area (Å²) >= 11 is 0. The largest absolute Gasteiger partial charge is 0.388 e. The molecule has 4 N–H and O–H groups in total. The second-order valence-corrected chi connectivity index (χ2v) is 5.28. The van der Waals surface area contributed by atoms with E-state index in [0.717, 1.165) is 25.7 Å². The van der Waals surface area contributed by atoms with Gasteiger partial charge in [0.15, 0.2) is 0 Å². The highest BCUT2D eigenvalue weighted by molar-refractivity contribution is 5.99. The van der Waals surface area contributed by atoms with Crippen LogP contribution in [0.2, 0.25) is 0 Å². The second-order valence-electron chi connectivity index (χ2n) is 5.28. The summed E-state index contributed by atoms with van der Waals surface area (Å²) in [5.74, 6) is 5.28. The van der Waals surface area contributed by atoms with Gasteiger partial charge in [-0.15, -0.1) is 0 Å². The fourth-order valence-corrected chi connectivity index (χ4v) is 2.71. The molecule has 5 nitrogen and oxygen atoms in total. The maximum atomic E-state index is 12.4. The van der Waals surface area contributed by atoms with E-state index >= 15 is 0 Å². The van der Waals surface area contributed by atoms with Crippen LogP contribution in [0.15, 0.2) is 24.3 Å². The fraction of sp³-hybridized carbons (Fsp3) is 0.500. The Morgan fingerprint density at radius 3 is 2.68 bits per heavy atom. The first-order chi connectivity index (χ1) is 9.06. The number of nitrogens with zero attached hydrogens (tertiary/aromatic N) is 1. The molecule has 1 aromatic carbocycles. The number of hydrazine groups is 1. The van der Waals surface area contributed by atoms with E-state index in [1.54, 1.807) is 30.1 Å². The SMILES string of the molecule is CN(CC1(O)CCCC1)C(=O)c1ccccc1NN. The van der Waals surface area contributed by atoms with Crippen LogP contribution in [0.5, 0.6) is 0 Å². The van der Waals surface area contributed by atoms with Crippen molar-refractivity contribution in [1.29, 1.82) is 0 Å². The lowest BCUT2D eigenvalue weighted by atomic mass is 10.0. The van der Waals surface area contributed by atoms with Crippen molar-refractivity contribution in [2.75, 3.05) is 19.0 Å². The molecular weight excluding hydrogens is 242 g/mol. The summed E-state index contributed by atoms with van der Waals surface area (Å²) in [6.07, 6.45) is 3.59. The highest BCUT2D eigenvalue weighted by Crippen LogP contribution is 2.30. The van der Waals surface area contributed by atoms with Crippen molar-refractivity contribution >= 4 is 11.6 Å². The van der Waals surface area contributed by atoms with E-state index in [1.165, 1.54) is 0 Å². The van der Waals surface area contributed by atoms with Crippen LogP contribution in [0, 0.1) is 0 Å². The van der Waals surface area contributed by atoms with Crippen LogP contribution in [-0.2, 0) is 0 Å². The fourth-order valence-electron chi connectivity index (χ4n) is 2.71. The van der Waals surface area contributed by atoms with Crippen LogP contribution in [0.1, 0.15) is 36.0 Å². The van der Waals surface area contributed by atoms with Crippen molar-refractivity contribution in [3.8, 4) is 0 Å². The van der Waals surface area contributed by atoms with Gasteiger partial charge in [0, 0.05) is 13.6 Å². The zero-order valence-corrected chi connectivity index (χ0v) is 11.2. The quantitative estimate of drug-likeness (QED) is 0.566. The lowest BCUT2D eigenvalue weighted by Gasteiger charge is -2.29. The number of nitrogens with two attached hydrogens (primary N) is 1. The Kier molecular flexibility index (Phi) is 4.07. The summed E-state index contributed by atoms with van der Waals surface area (Å²) in [5, 5.41) is 10.3. The van der Waals surface area contributed by atoms with Gasteiger partial charge in [-0.2, -0.15) is 0 Å². The van der Waals surface area contributed by atoms with Gasteiger partial charge in [-0.25, -0.2) is 0 Å². The molecule has 1 aromatic rings. The van der Waals surface area contributed by atoms with Crippen LogP contribution in [0.25, 0.3) is 0 Å². The third-order valence-corrected chi connectivity index (χ3v) is 3.73. The van der Waals surface area contributed by atoms with E-state index in [9.17, 15) is 9.90 Å². The third kappa shape index (κ3) is 3.05. The number of carbonyl (C=O) groups excluding carboxylic acids is 1. The first-order valence-corrected chi connectivity index (χ1v) is 6.59. The molecule has 0 aliphatic heterocycles. The molecule has 0 heterocycles. The summed E-state index contributed by atoms with van der Waals surface area (Å²) in [6, 6.07) is 7.10. The Balaban J connectivity index is 2.10. The molecule has 0 saturated heterocycles. The molecule has 0 radical (unpaired) electrons. The summed E-state index contributed by atoms with van der Waals surface area (Å²) in [5.41, 5.74) is 2.92. The molecule has 19 heavy (non-hydrogen) atoms. The lowest BCUT2D eigenvalue weighted by molar-refractivity contribution is 0.0157. The Hall–Kier alpha value is -1.59. The number of amides is 1. The Morgan fingerprint density at radius 1 is 1.42 bits per heavy atom. The molecule has 0 aromatic heterocycles. The van der Waals surface area contributed by atoms with Crippen LogP contribution < -0.4 is 11.3 Å². The minimum absolute atomic E-state index is 0.131. The second kappa shape index (κ2) is 5.59. The summed E-state index contributed by atoms with van der Waals surface area (Å²) < 4.78 is 0.